The molecule has 0 aliphatic carbocycles. The lowest BCUT2D eigenvalue weighted by atomic mass is 10.1. The summed E-state index contributed by atoms with van der Waals surface area (Å²) in [4.78, 5) is 16.6. The number of imidazole rings is 1. The lowest BCUT2D eigenvalue weighted by Gasteiger charge is -1.99. The highest BCUT2D eigenvalue weighted by Crippen LogP contribution is 2.30. The normalized spacial score (nSPS) is 11.3. The van der Waals surface area contributed by atoms with E-state index in [9.17, 15) is 4.79 Å². The topological polar surface area (TPSA) is 34.4 Å². The molecular weight excluding hydrogens is 292 g/mol. The van der Waals surface area contributed by atoms with E-state index in [4.69, 9.17) is 4.98 Å². The van der Waals surface area contributed by atoms with Crippen LogP contribution in [0.1, 0.15) is 22.8 Å². The van der Waals surface area contributed by atoms with Gasteiger partial charge in [0.1, 0.15) is 6.29 Å². The molecule has 0 spiro atoms. The van der Waals surface area contributed by atoms with Gasteiger partial charge in [0.2, 0.25) is 0 Å². The molecule has 0 fully saturated rings. The lowest BCUT2D eigenvalue weighted by Crippen LogP contribution is -1.82. The van der Waals surface area contributed by atoms with Crippen LogP contribution in [0.25, 0.3) is 26.4 Å². The molecule has 0 saturated heterocycles. The maximum atomic E-state index is 10.9. The van der Waals surface area contributed by atoms with Crippen molar-refractivity contribution >= 4 is 32.8 Å². The fourth-order valence-electron chi connectivity index (χ4n) is 2.64. The van der Waals surface area contributed by atoms with E-state index in [1.54, 1.807) is 11.3 Å². The Kier molecular flexibility index (Phi) is 3.05. The second kappa shape index (κ2) is 5.07. The zero-order valence-corrected chi connectivity index (χ0v) is 12.9. The summed E-state index contributed by atoms with van der Waals surface area (Å²) < 4.78 is 3.18. The molecule has 3 nitrogen and oxygen atoms in total. The average molecular weight is 306 g/mol. The van der Waals surface area contributed by atoms with E-state index in [-0.39, 0.29) is 0 Å². The Hall–Kier alpha value is -2.46. The highest BCUT2D eigenvalue weighted by atomic mass is 32.1. The van der Waals surface area contributed by atoms with Gasteiger partial charge in [0.15, 0.2) is 4.96 Å². The Bertz CT molecular complexity index is 980. The van der Waals surface area contributed by atoms with Crippen LogP contribution in [0.5, 0.6) is 0 Å². The molecule has 0 aliphatic heterocycles. The number of hydrogen-bond donors (Lipinski definition) is 0. The van der Waals surface area contributed by atoms with E-state index in [1.807, 2.05) is 18.2 Å². The summed E-state index contributed by atoms with van der Waals surface area (Å²) in [7, 11) is 0. The second-order valence-electron chi connectivity index (χ2n) is 5.28. The highest BCUT2D eigenvalue weighted by Gasteiger charge is 2.10. The van der Waals surface area contributed by atoms with Gasteiger partial charge in [-0.05, 0) is 30.2 Å². The van der Waals surface area contributed by atoms with Crippen LogP contribution in [-0.2, 0) is 6.42 Å². The van der Waals surface area contributed by atoms with Gasteiger partial charge in [-0.15, -0.1) is 0 Å². The molecule has 0 N–H and O–H groups in total. The number of hydrogen-bond acceptors (Lipinski definition) is 3. The van der Waals surface area contributed by atoms with Crippen LogP contribution in [0, 0.1) is 0 Å². The Balaban J connectivity index is 1.84. The SMILES string of the molecule is CCc1ccc(-c2cn3c(n2)sc2cc(C=O)ccc23)cc1. The first-order valence-corrected chi connectivity index (χ1v) is 8.06. The molecule has 2 aromatic heterocycles. The number of carbonyl (C=O) groups excluding carboxylic acids is 1. The van der Waals surface area contributed by atoms with Crippen LogP contribution in [0.15, 0.2) is 48.7 Å². The van der Waals surface area contributed by atoms with E-state index in [0.717, 1.165) is 39.1 Å². The first-order chi connectivity index (χ1) is 10.8. The molecule has 0 radical (unpaired) electrons. The molecule has 0 unspecified atom stereocenters. The molecular formula is C18H14N2OS. The number of thiazole rings is 1. The van der Waals surface area contributed by atoms with Gasteiger partial charge in [-0.3, -0.25) is 9.20 Å². The van der Waals surface area contributed by atoms with Gasteiger partial charge >= 0.3 is 0 Å². The van der Waals surface area contributed by atoms with Crippen LogP contribution in [0.2, 0.25) is 0 Å². The maximum absolute atomic E-state index is 10.9. The van der Waals surface area contributed by atoms with Gasteiger partial charge in [-0.2, -0.15) is 0 Å². The Morgan fingerprint density at radius 1 is 1.18 bits per heavy atom. The van der Waals surface area contributed by atoms with Gasteiger partial charge in [-0.1, -0.05) is 42.5 Å². The molecule has 2 heterocycles. The number of aryl methyl sites for hydroxylation is 1. The summed E-state index contributed by atoms with van der Waals surface area (Å²) in [6.45, 7) is 2.15. The molecule has 0 amide bonds. The summed E-state index contributed by atoms with van der Waals surface area (Å²) in [6, 6.07) is 14.3. The Labute approximate surface area is 131 Å². The smallest absolute Gasteiger partial charge is 0.195 e. The molecule has 22 heavy (non-hydrogen) atoms. The van der Waals surface area contributed by atoms with E-state index in [0.29, 0.717) is 5.56 Å². The zero-order valence-electron chi connectivity index (χ0n) is 12.1. The van der Waals surface area contributed by atoms with E-state index in [2.05, 4.69) is 41.8 Å². The van der Waals surface area contributed by atoms with Gasteiger partial charge in [0.25, 0.3) is 0 Å². The van der Waals surface area contributed by atoms with Gasteiger partial charge in [-0.25, -0.2) is 4.98 Å². The largest absolute Gasteiger partial charge is 0.298 e. The number of benzene rings is 2. The maximum Gasteiger partial charge on any atom is 0.195 e. The second-order valence-corrected chi connectivity index (χ2v) is 6.29. The van der Waals surface area contributed by atoms with E-state index < -0.39 is 0 Å². The van der Waals surface area contributed by atoms with Crippen LogP contribution in [0.4, 0.5) is 0 Å². The lowest BCUT2D eigenvalue weighted by molar-refractivity contribution is 0.112. The molecule has 4 aromatic rings. The third-order valence-electron chi connectivity index (χ3n) is 3.91. The van der Waals surface area contributed by atoms with Crippen molar-refractivity contribution in [3.63, 3.8) is 0 Å². The van der Waals surface area contributed by atoms with Gasteiger partial charge < -0.3 is 0 Å². The quantitative estimate of drug-likeness (QED) is 0.519. The summed E-state index contributed by atoms with van der Waals surface area (Å²) in [5.74, 6) is 0. The molecule has 108 valence electrons. The minimum Gasteiger partial charge on any atom is -0.298 e. The zero-order chi connectivity index (χ0) is 15.1. The first-order valence-electron chi connectivity index (χ1n) is 7.24. The first kappa shape index (κ1) is 13.2. The summed E-state index contributed by atoms with van der Waals surface area (Å²) >= 11 is 1.61. The molecule has 4 rings (SSSR count). The van der Waals surface area contributed by atoms with Crippen molar-refractivity contribution in [2.75, 3.05) is 0 Å². The fraction of sp³-hybridized carbons (Fsp3) is 0.111. The minimum atomic E-state index is 0.701. The molecule has 4 heteroatoms. The Morgan fingerprint density at radius 3 is 2.73 bits per heavy atom. The van der Waals surface area contributed by atoms with Crippen molar-refractivity contribution in [3.05, 3.63) is 59.8 Å². The molecule has 0 bridgehead atoms. The third-order valence-corrected chi connectivity index (χ3v) is 4.93. The number of aldehydes is 1. The highest BCUT2D eigenvalue weighted by molar-refractivity contribution is 7.23. The standard InChI is InChI=1S/C18H14N2OS/c1-2-12-3-6-14(7-4-12)15-10-20-16-8-5-13(11-21)9-17(16)22-18(20)19-15/h3-11H,2H2,1H3. The van der Waals surface area contributed by atoms with Crippen molar-refractivity contribution in [1.82, 2.24) is 9.38 Å². The van der Waals surface area contributed by atoms with Crippen molar-refractivity contribution in [2.45, 2.75) is 13.3 Å². The van der Waals surface area contributed by atoms with E-state index in [1.165, 1.54) is 5.56 Å². The summed E-state index contributed by atoms with van der Waals surface area (Å²) in [5, 5.41) is 0. The predicted molar refractivity (Wildman–Crippen MR) is 90.8 cm³/mol. The van der Waals surface area contributed by atoms with Crippen molar-refractivity contribution in [3.8, 4) is 11.3 Å². The third kappa shape index (κ3) is 2.04. The number of rotatable bonds is 3. The fourth-order valence-corrected chi connectivity index (χ4v) is 3.70. The average Bonchev–Trinajstić information content (AvgIpc) is 3.11. The van der Waals surface area contributed by atoms with Crippen LogP contribution in [-0.4, -0.2) is 15.7 Å². The van der Waals surface area contributed by atoms with Crippen LogP contribution in [0.3, 0.4) is 0 Å². The summed E-state index contributed by atoms with van der Waals surface area (Å²) in [5.41, 5.74) is 5.24. The van der Waals surface area contributed by atoms with E-state index >= 15 is 0 Å². The van der Waals surface area contributed by atoms with Gasteiger partial charge in [0.05, 0.1) is 15.9 Å². The number of fused-ring (bicyclic) bond motifs is 3. The van der Waals surface area contributed by atoms with Crippen molar-refractivity contribution < 1.29 is 4.79 Å². The molecule has 2 aromatic carbocycles. The number of aromatic nitrogens is 2. The molecule has 0 atom stereocenters. The molecule has 0 saturated carbocycles. The van der Waals surface area contributed by atoms with Crippen LogP contribution < -0.4 is 0 Å². The van der Waals surface area contributed by atoms with Crippen molar-refractivity contribution in [2.24, 2.45) is 0 Å². The molecule has 0 aliphatic rings. The van der Waals surface area contributed by atoms with Crippen LogP contribution >= 0.6 is 11.3 Å². The van der Waals surface area contributed by atoms with Crippen molar-refractivity contribution in [1.29, 1.82) is 0 Å². The number of nitrogens with zero attached hydrogens (tertiary/aromatic N) is 2. The predicted octanol–water partition coefficient (Wildman–Crippen LogP) is 4.59. The monoisotopic (exact) mass is 306 g/mol. The summed E-state index contributed by atoms with van der Waals surface area (Å²) in [6.07, 6.45) is 3.99. The Morgan fingerprint density at radius 2 is 2.00 bits per heavy atom. The van der Waals surface area contributed by atoms with Gasteiger partial charge in [0, 0.05) is 17.3 Å². The number of carbonyl (C=O) groups is 1. The minimum absolute atomic E-state index is 0.701.